The summed E-state index contributed by atoms with van der Waals surface area (Å²) in [6, 6.07) is 21.4. The quantitative estimate of drug-likeness (QED) is 0.231. The molecule has 0 aliphatic rings. The number of anilines is 1. The second kappa shape index (κ2) is 14.3. The number of hydrogen-bond acceptors (Lipinski definition) is 7. The van der Waals surface area contributed by atoms with E-state index in [-0.39, 0.29) is 24.5 Å². The van der Waals surface area contributed by atoms with Crippen LogP contribution in [0.1, 0.15) is 11.1 Å². The normalized spacial score (nSPS) is 12.6. The van der Waals surface area contributed by atoms with Gasteiger partial charge in [0.2, 0.25) is 5.91 Å². The number of rotatable bonds is 11. The second-order valence-electron chi connectivity index (χ2n) is 9.65. The van der Waals surface area contributed by atoms with E-state index >= 15 is 0 Å². The Morgan fingerprint density at radius 1 is 0.955 bits per heavy atom. The molecule has 0 radical (unpaired) electrons. The predicted molar refractivity (Wildman–Crippen MR) is 155 cm³/mol. The monoisotopic (exact) mass is 610 g/mol. The molecule has 0 fully saturated rings. The third kappa shape index (κ3) is 8.44. The average molecular weight is 611 g/mol. The van der Waals surface area contributed by atoms with Crippen molar-refractivity contribution in [1.82, 2.24) is 14.9 Å². The number of benzene rings is 3. The van der Waals surface area contributed by atoms with Crippen molar-refractivity contribution in [3.05, 3.63) is 113 Å². The molecule has 0 aliphatic carbocycles. The number of alkyl halides is 3. The number of nitrogens with one attached hydrogen (secondary N) is 2. The second-order valence-corrected chi connectivity index (χ2v) is 9.65. The molecule has 0 spiro atoms. The third-order valence-corrected chi connectivity index (χ3v) is 6.51. The first-order valence-corrected chi connectivity index (χ1v) is 13.3. The smallest absolute Gasteiger partial charge is 0.416 e. The maximum Gasteiger partial charge on any atom is 0.416 e. The van der Waals surface area contributed by atoms with E-state index < -0.39 is 42.4 Å². The lowest BCUT2D eigenvalue weighted by atomic mass is 10.0. The van der Waals surface area contributed by atoms with E-state index in [9.17, 15) is 32.7 Å². The highest BCUT2D eigenvalue weighted by atomic mass is 19.4. The zero-order valence-corrected chi connectivity index (χ0v) is 23.5. The molecular weight excluding hydrogens is 581 g/mol. The van der Waals surface area contributed by atoms with Gasteiger partial charge in [-0.2, -0.15) is 13.2 Å². The van der Waals surface area contributed by atoms with Crippen LogP contribution in [-0.2, 0) is 29.1 Å². The van der Waals surface area contributed by atoms with Gasteiger partial charge in [-0.15, -0.1) is 0 Å². The van der Waals surface area contributed by atoms with Crippen molar-refractivity contribution >= 4 is 17.7 Å². The highest BCUT2D eigenvalue weighted by Gasteiger charge is 2.44. The molecule has 0 saturated heterocycles. The van der Waals surface area contributed by atoms with E-state index in [1.165, 1.54) is 7.11 Å². The molecule has 4 aromatic rings. The van der Waals surface area contributed by atoms with Gasteiger partial charge < -0.3 is 19.9 Å². The fraction of sp³-hybridized carbons (Fsp3) is 0.226. The number of methoxy groups -OCH3 is 1. The van der Waals surface area contributed by atoms with Crippen LogP contribution < -0.4 is 20.9 Å². The highest BCUT2D eigenvalue weighted by Crippen LogP contribution is 2.25. The molecule has 4 rings (SSSR count). The van der Waals surface area contributed by atoms with Gasteiger partial charge in [0.15, 0.2) is 6.10 Å². The van der Waals surface area contributed by atoms with Crippen LogP contribution in [0.15, 0.2) is 95.9 Å². The topological polar surface area (TPSA) is 132 Å². The summed E-state index contributed by atoms with van der Waals surface area (Å²) in [6.45, 7) is -0.859. The molecule has 3 N–H and O–H groups in total. The van der Waals surface area contributed by atoms with Gasteiger partial charge in [0, 0.05) is 5.56 Å². The maximum atomic E-state index is 13.5. The standard InChI is InChI=1S/C31H29F3N4O6/c1-43-23-14-12-22(13-15-23)28-35-17-25(37-30(42)44-19-21-10-6-3-7-11-21)29(41)38(28)18-26(39)36-24(27(40)31(32,33)34)16-20-8-4-2-5-9-20/h2-15,17,24,27,40H,16,18-19H2,1H3,(H,36,39)(H,37,42). The molecule has 3 aromatic carbocycles. The SMILES string of the molecule is COc1ccc(-c2ncc(NC(=O)OCc3ccccc3)c(=O)n2CC(=O)NC(Cc2ccccc2)C(O)C(F)(F)F)cc1. The summed E-state index contributed by atoms with van der Waals surface area (Å²) in [5.74, 6) is -0.506. The van der Waals surface area contributed by atoms with Gasteiger partial charge in [-0.3, -0.25) is 19.5 Å². The number of carbonyl (C=O) groups excluding carboxylic acids is 2. The van der Waals surface area contributed by atoms with E-state index in [0.29, 0.717) is 22.4 Å². The van der Waals surface area contributed by atoms with Crippen molar-refractivity contribution in [3.63, 3.8) is 0 Å². The molecule has 1 heterocycles. The van der Waals surface area contributed by atoms with Crippen molar-refractivity contribution in [2.24, 2.45) is 0 Å². The molecule has 2 amide bonds. The fourth-order valence-electron chi connectivity index (χ4n) is 4.30. The van der Waals surface area contributed by atoms with Gasteiger partial charge in [-0.25, -0.2) is 9.78 Å². The number of carbonyl (C=O) groups is 2. The van der Waals surface area contributed by atoms with Crippen LogP contribution in [0.3, 0.4) is 0 Å². The fourth-order valence-corrected chi connectivity index (χ4v) is 4.30. The molecule has 230 valence electrons. The summed E-state index contributed by atoms with van der Waals surface area (Å²) in [6.07, 6.45) is -8.11. The average Bonchev–Trinajstić information content (AvgIpc) is 3.02. The summed E-state index contributed by atoms with van der Waals surface area (Å²) in [4.78, 5) is 43.4. The maximum absolute atomic E-state index is 13.5. The first-order chi connectivity index (χ1) is 21.0. The Bertz CT molecular complexity index is 1610. The van der Waals surface area contributed by atoms with Crippen molar-refractivity contribution in [1.29, 1.82) is 0 Å². The van der Waals surface area contributed by atoms with E-state index in [1.807, 2.05) is 0 Å². The number of nitrogens with zero attached hydrogens (tertiary/aromatic N) is 2. The molecule has 0 bridgehead atoms. The number of aliphatic hydroxyl groups is 1. The molecule has 1 aromatic heterocycles. The Morgan fingerprint density at radius 2 is 1.57 bits per heavy atom. The van der Waals surface area contributed by atoms with Crippen LogP contribution in [0.2, 0.25) is 0 Å². The van der Waals surface area contributed by atoms with Crippen LogP contribution in [0.4, 0.5) is 23.7 Å². The molecule has 10 nitrogen and oxygen atoms in total. The molecular formula is C31H29F3N4O6. The largest absolute Gasteiger partial charge is 0.497 e. The predicted octanol–water partition coefficient (Wildman–Crippen LogP) is 4.32. The number of aromatic nitrogens is 2. The van der Waals surface area contributed by atoms with Crippen LogP contribution in [0.25, 0.3) is 11.4 Å². The highest BCUT2D eigenvalue weighted by molar-refractivity contribution is 5.84. The van der Waals surface area contributed by atoms with Gasteiger partial charge in [0.25, 0.3) is 5.56 Å². The summed E-state index contributed by atoms with van der Waals surface area (Å²) >= 11 is 0. The first-order valence-electron chi connectivity index (χ1n) is 13.3. The molecule has 2 unspecified atom stereocenters. The van der Waals surface area contributed by atoms with E-state index in [4.69, 9.17) is 9.47 Å². The lowest BCUT2D eigenvalue weighted by Crippen LogP contribution is -2.52. The molecule has 0 aliphatic heterocycles. The van der Waals surface area contributed by atoms with Crippen molar-refractivity contribution in [3.8, 4) is 17.1 Å². The summed E-state index contributed by atoms with van der Waals surface area (Å²) in [7, 11) is 1.46. The summed E-state index contributed by atoms with van der Waals surface area (Å²) in [5, 5.41) is 14.6. The molecule has 0 saturated carbocycles. The van der Waals surface area contributed by atoms with Crippen LogP contribution in [0, 0.1) is 0 Å². The van der Waals surface area contributed by atoms with E-state index in [2.05, 4.69) is 15.6 Å². The van der Waals surface area contributed by atoms with Crippen molar-refractivity contribution < 1.29 is 37.3 Å². The molecule has 2 atom stereocenters. The lowest BCUT2D eigenvalue weighted by molar-refractivity contribution is -0.212. The Labute approximate surface area is 250 Å². The number of aliphatic hydroxyl groups excluding tert-OH is 1. The van der Waals surface area contributed by atoms with Gasteiger partial charge in [0.1, 0.15) is 30.4 Å². The third-order valence-electron chi connectivity index (χ3n) is 6.51. The Balaban J connectivity index is 1.61. The van der Waals surface area contributed by atoms with Gasteiger partial charge in [-0.1, -0.05) is 60.7 Å². The molecule has 13 heteroatoms. The molecule has 44 heavy (non-hydrogen) atoms. The van der Waals surface area contributed by atoms with Crippen molar-refractivity contribution in [2.45, 2.75) is 37.9 Å². The van der Waals surface area contributed by atoms with E-state index in [1.54, 1.807) is 84.9 Å². The van der Waals surface area contributed by atoms with Crippen LogP contribution >= 0.6 is 0 Å². The summed E-state index contributed by atoms with van der Waals surface area (Å²) < 4.78 is 51.7. The zero-order valence-electron chi connectivity index (χ0n) is 23.5. The number of amides is 2. The first kappa shape index (κ1) is 31.8. The minimum Gasteiger partial charge on any atom is -0.497 e. The number of ether oxygens (including phenoxy) is 2. The lowest BCUT2D eigenvalue weighted by Gasteiger charge is -2.26. The number of hydrogen-bond donors (Lipinski definition) is 3. The van der Waals surface area contributed by atoms with Gasteiger partial charge in [-0.05, 0) is 41.8 Å². The minimum atomic E-state index is -5.02. The van der Waals surface area contributed by atoms with Gasteiger partial charge >= 0.3 is 12.3 Å². The Morgan fingerprint density at radius 3 is 2.16 bits per heavy atom. The van der Waals surface area contributed by atoms with Crippen LogP contribution in [-0.4, -0.2) is 52.1 Å². The Hall–Kier alpha value is -5.17. The van der Waals surface area contributed by atoms with E-state index in [0.717, 1.165) is 10.8 Å². The van der Waals surface area contributed by atoms with Crippen molar-refractivity contribution in [2.75, 3.05) is 12.4 Å². The zero-order chi connectivity index (χ0) is 31.7. The Kier molecular flexibility index (Phi) is 10.3. The summed E-state index contributed by atoms with van der Waals surface area (Å²) in [5.41, 5.74) is 0.331. The van der Waals surface area contributed by atoms with Crippen LogP contribution in [0.5, 0.6) is 5.75 Å². The van der Waals surface area contributed by atoms with Gasteiger partial charge in [0.05, 0.1) is 19.3 Å². The minimum absolute atomic E-state index is 0.00742. The number of halogens is 3.